The molecule has 0 aliphatic rings. The van der Waals surface area contributed by atoms with Gasteiger partial charge in [-0.1, -0.05) is 0 Å². The summed E-state index contributed by atoms with van der Waals surface area (Å²) in [5.74, 6) is -0.906. The Morgan fingerprint density at radius 3 is 2.67 bits per heavy atom. The minimum Gasteiger partial charge on any atom is -0.477 e. The van der Waals surface area contributed by atoms with Crippen LogP contribution in [-0.2, 0) is 4.79 Å². The van der Waals surface area contributed by atoms with E-state index in [1.807, 2.05) is 13.8 Å². The third-order valence-electron chi connectivity index (χ3n) is 2.99. The Balaban J connectivity index is 2.50. The highest BCUT2D eigenvalue weighted by Gasteiger charge is 2.24. The van der Waals surface area contributed by atoms with Gasteiger partial charge in [-0.15, -0.1) is 11.3 Å². The summed E-state index contributed by atoms with van der Waals surface area (Å²) in [7, 11) is 0. The number of amides is 1. The second-order valence-electron chi connectivity index (χ2n) is 5.42. The molecule has 0 fully saturated rings. The average Bonchev–Trinajstić information content (AvgIpc) is 2.65. The molecule has 0 bridgehead atoms. The van der Waals surface area contributed by atoms with Crippen LogP contribution in [0.5, 0.6) is 0 Å². The van der Waals surface area contributed by atoms with E-state index in [4.69, 9.17) is 5.73 Å². The van der Waals surface area contributed by atoms with Gasteiger partial charge in [-0.2, -0.15) is 0 Å². The van der Waals surface area contributed by atoms with Crippen LogP contribution in [0.25, 0.3) is 10.2 Å². The normalized spacial score (nSPS) is 11.6. The number of carbonyl (C=O) groups excluding carboxylic acids is 1. The number of aromatic carboxylic acids is 1. The minimum absolute atomic E-state index is 0.132. The molecular weight excluding hydrogens is 292 g/mol. The molecule has 0 saturated heterocycles. The molecule has 2 aromatic rings. The highest BCUT2D eigenvalue weighted by atomic mass is 32.1. The summed E-state index contributed by atoms with van der Waals surface area (Å²) in [5, 5.41) is 13.0. The molecular formula is C13H16N4O3S. The van der Waals surface area contributed by atoms with Crippen LogP contribution in [0, 0.1) is 6.92 Å². The maximum absolute atomic E-state index is 11.2. The van der Waals surface area contributed by atoms with E-state index in [1.54, 1.807) is 6.92 Å². The Morgan fingerprint density at radius 1 is 1.43 bits per heavy atom. The van der Waals surface area contributed by atoms with Gasteiger partial charge in [0.15, 0.2) is 0 Å². The molecule has 8 heteroatoms. The largest absolute Gasteiger partial charge is 0.477 e. The number of carbonyl (C=O) groups is 2. The zero-order chi connectivity index (χ0) is 15.8. The Morgan fingerprint density at radius 2 is 2.10 bits per heavy atom. The fourth-order valence-corrected chi connectivity index (χ4v) is 3.16. The van der Waals surface area contributed by atoms with E-state index in [9.17, 15) is 14.7 Å². The predicted octanol–water partition coefficient (Wildman–Crippen LogP) is 1.76. The number of anilines is 1. The number of aromatic nitrogens is 2. The Bertz CT molecular complexity index is 724. The lowest BCUT2D eigenvalue weighted by atomic mass is 10.00. The van der Waals surface area contributed by atoms with E-state index in [0.717, 1.165) is 11.3 Å². The maximum Gasteiger partial charge on any atom is 0.346 e. The molecule has 2 aromatic heterocycles. The number of fused-ring (bicyclic) bond motifs is 1. The van der Waals surface area contributed by atoms with Crippen LogP contribution in [-0.4, -0.2) is 32.5 Å². The fourth-order valence-electron chi connectivity index (χ4n) is 2.17. The van der Waals surface area contributed by atoms with Crippen LogP contribution < -0.4 is 11.1 Å². The molecule has 0 spiro atoms. The van der Waals surface area contributed by atoms with Crippen molar-refractivity contribution < 1.29 is 14.7 Å². The van der Waals surface area contributed by atoms with E-state index < -0.39 is 17.4 Å². The number of carboxylic acid groups (broad SMARTS) is 1. The summed E-state index contributed by atoms with van der Waals surface area (Å²) in [5.41, 5.74) is 5.25. The summed E-state index contributed by atoms with van der Waals surface area (Å²) in [6.07, 6.45) is 1.50. The molecule has 21 heavy (non-hydrogen) atoms. The summed E-state index contributed by atoms with van der Waals surface area (Å²) in [6, 6.07) is 0. The van der Waals surface area contributed by atoms with Crippen LogP contribution in [0.2, 0.25) is 0 Å². The van der Waals surface area contributed by atoms with E-state index in [-0.39, 0.29) is 11.3 Å². The highest BCUT2D eigenvalue weighted by Crippen LogP contribution is 2.34. The molecule has 0 aliphatic heterocycles. The topological polar surface area (TPSA) is 118 Å². The van der Waals surface area contributed by atoms with Crippen molar-refractivity contribution in [3.8, 4) is 0 Å². The summed E-state index contributed by atoms with van der Waals surface area (Å²) >= 11 is 1.10. The number of thiophene rings is 1. The third kappa shape index (κ3) is 3.10. The van der Waals surface area contributed by atoms with Gasteiger partial charge in [-0.25, -0.2) is 14.8 Å². The fraction of sp³-hybridized carbons (Fsp3) is 0.385. The first-order valence-electron chi connectivity index (χ1n) is 6.25. The highest BCUT2D eigenvalue weighted by molar-refractivity contribution is 7.20. The molecule has 112 valence electrons. The van der Waals surface area contributed by atoms with E-state index in [1.165, 1.54) is 6.33 Å². The van der Waals surface area contributed by atoms with Gasteiger partial charge in [0.05, 0.1) is 5.39 Å². The van der Waals surface area contributed by atoms with Crippen molar-refractivity contribution in [1.29, 1.82) is 0 Å². The average molecular weight is 308 g/mol. The van der Waals surface area contributed by atoms with E-state index >= 15 is 0 Å². The molecule has 0 saturated carbocycles. The number of primary amides is 1. The van der Waals surface area contributed by atoms with Gasteiger partial charge in [0.2, 0.25) is 5.91 Å². The summed E-state index contributed by atoms with van der Waals surface area (Å²) in [4.78, 5) is 31.4. The van der Waals surface area contributed by atoms with Gasteiger partial charge in [0.1, 0.15) is 21.9 Å². The SMILES string of the molecule is Cc1c(C(=O)O)sc2ncnc(NC(C)(C)CC(N)=O)c12. The standard InChI is InChI=1S/C13H16N4O3S/c1-6-8-10(17-13(2,3)4-7(14)18)15-5-16-11(8)21-9(6)12(19)20/h5H,4H2,1-3H3,(H2,14,18)(H,19,20)(H,15,16,17). The second kappa shape index (κ2) is 5.28. The van der Waals surface area contributed by atoms with Gasteiger partial charge < -0.3 is 16.2 Å². The zero-order valence-electron chi connectivity index (χ0n) is 11.9. The Hall–Kier alpha value is -2.22. The van der Waals surface area contributed by atoms with Crippen LogP contribution in [0.4, 0.5) is 5.82 Å². The van der Waals surface area contributed by atoms with Gasteiger partial charge >= 0.3 is 5.97 Å². The minimum atomic E-state index is -0.988. The monoisotopic (exact) mass is 308 g/mol. The number of nitrogens with two attached hydrogens (primary N) is 1. The summed E-state index contributed by atoms with van der Waals surface area (Å²) in [6.45, 7) is 5.37. The molecule has 2 rings (SSSR count). The van der Waals surface area contributed by atoms with Gasteiger partial charge in [0, 0.05) is 12.0 Å². The number of rotatable bonds is 5. The number of carboxylic acids is 1. The quantitative estimate of drug-likeness (QED) is 0.774. The van der Waals surface area contributed by atoms with E-state index in [0.29, 0.717) is 21.6 Å². The summed E-state index contributed by atoms with van der Waals surface area (Å²) < 4.78 is 0. The zero-order valence-corrected chi connectivity index (χ0v) is 12.7. The second-order valence-corrected chi connectivity index (χ2v) is 6.41. The van der Waals surface area contributed by atoms with Crippen molar-refractivity contribution >= 4 is 39.2 Å². The number of nitrogens with zero attached hydrogens (tertiary/aromatic N) is 2. The van der Waals surface area contributed by atoms with Crippen molar-refractivity contribution in [3.05, 3.63) is 16.8 Å². The predicted molar refractivity (Wildman–Crippen MR) is 80.6 cm³/mol. The third-order valence-corrected chi connectivity index (χ3v) is 4.18. The first kappa shape index (κ1) is 15.2. The Kier molecular flexibility index (Phi) is 3.82. The van der Waals surface area contributed by atoms with Crippen molar-refractivity contribution in [2.45, 2.75) is 32.7 Å². The molecule has 2 heterocycles. The molecule has 0 aromatic carbocycles. The van der Waals surface area contributed by atoms with Crippen molar-refractivity contribution in [2.75, 3.05) is 5.32 Å². The van der Waals surface area contributed by atoms with Crippen molar-refractivity contribution in [3.63, 3.8) is 0 Å². The molecule has 7 nitrogen and oxygen atoms in total. The van der Waals surface area contributed by atoms with Crippen LogP contribution in [0.1, 0.15) is 35.5 Å². The lowest BCUT2D eigenvalue weighted by Gasteiger charge is -2.25. The molecule has 0 radical (unpaired) electrons. The number of hydrogen-bond acceptors (Lipinski definition) is 6. The van der Waals surface area contributed by atoms with Gasteiger partial charge in [-0.05, 0) is 26.3 Å². The van der Waals surface area contributed by atoms with Crippen LogP contribution in [0.3, 0.4) is 0 Å². The number of nitrogens with one attached hydrogen (secondary N) is 1. The lowest BCUT2D eigenvalue weighted by molar-refractivity contribution is -0.118. The lowest BCUT2D eigenvalue weighted by Crippen LogP contribution is -2.36. The number of hydrogen-bond donors (Lipinski definition) is 3. The number of aryl methyl sites for hydroxylation is 1. The molecule has 0 aliphatic carbocycles. The first-order valence-corrected chi connectivity index (χ1v) is 7.07. The van der Waals surface area contributed by atoms with Crippen molar-refractivity contribution in [1.82, 2.24) is 9.97 Å². The van der Waals surface area contributed by atoms with Gasteiger partial charge in [0.25, 0.3) is 0 Å². The Labute approximate surface area is 125 Å². The molecule has 0 atom stereocenters. The smallest absolute Gasteiger partial charge is 0.346 e. The maximum atomic E-state index is 11.2. The van der Waals surface area contributed by atoms with E-state index in [2.05, 4.69) is 15.3 Å². The molecule has 1 amide bonds. The van der Waals surface area contributed by atoms with Crippen LogP contribution in [0.15, 0.2) is 6.33 Å². The molecule has 0 unspecified atom stereocenters. The van der Waals surface area contributed by atoms with Crippen molar-refractivity contribution in [2.24, 2.45) is 5.73 Å². The van der Waals surface area contributed by atoms with Gasteiger partial charge in [-0.3, -0.25) is 4.79 Å². The first-order chi connectivity index (χ1) is 9.71. The molecule has 4 N–H and O–H groups in total. The van der Waals surface area contributed by atoms with Crippen LogP contribution >= 0.6 is 11.3 Å².